The van der Waals surface area contributed by atoms with E-state index in [-0.39, 0.29) is 29.1 Å². The van der Waals surface area contributed by atoms with Crippen LogP contribution in [0, 0.1) is 10.1 Å². The number of rotatable bonds is 3. The highest BCUT2D eigenvalue weighted by Gasteiger charge is 2.12. The number of benzene rings is 1. The third kappa shape index (κ3) is 3.32. The molecule has 0 heterocycles. The lowest BCUT2D eigenvalue weighted by Gasteiger charge is -2.04. The average Bonchev–Trinajstić information content (AvgIpc) is 2.03. The summed E-state index contributed by atoms with van der Waals surface area (Å²) in [6.45, 7) is 1.83. The van der Waals surface area contributed by atoms with E-state index in [0.717, 1.165) is 0 Å². The second kappa shape index (κ2) is 5.57. The summed E-state index contributed by atoms with van der Waals surface area (Å²) in [5.74, 6) is 0. The van der Waals surface area contributed by atoms with Crippen molar-refractivity contribution in [3.63, 3.8) is 0 Å². The molecule has 1 unspecified atom stereocenters. The molecule has 0 aliphatic heterocycles. The van der Waals surface area contributed by atoms with E-state index in [9.17, 15) is 10.1 Å². The van der Waals surface area contributed by atoms with Gasteiger partial charge in [0.05, 0.1) is 4.92 Å². The normalized spacial score (nSPS) is 11.6. The van der Waals surface area contributed by atoms with Crippen LogP contribution < -0.4 is 5.73 Å². The van der Waals surface area contributed by atoms with Crippen LogP contribution in [0.3, 0.4) is 0 Å². The maximum absolute atomic E-state index is 10.6. The van der Waals surface area contributed by atoms with Crippen molar-refractivity contribution >= 4 is 18.1 Å². The molecule has 0 aromatic heterocycles. The van der Waals surface area contributed by atoms with Crippen LogP contribution in [0.2, 0.25) is 0 Å². The van der Waals surface area contributed by atoms with Gasteiger partial charge in [0.2, 0.25) is 0 Å². The van der Waals surface area contributed by atoms with E-state index < -0.39 is 0 Å². The van der Waals surface area contributed by atoms with Crippen molar-refractivity contribution in [1.29, 1.82) is 0 Å². The lowest BCUT2D eigenvalue weighted by molar-refractivity contribution is -0.385. The van der Waals surface area contributed by atoms with E-state index >= 15 is 0 Å². The Bertz CT molecular complexity index is 315. The van der Waals surface area contributed by atoms with Gasteiger partial charge in [-0.15, -0.1) is 12.4 Å². The maximum Gasteiger partial charge on any atom is 0.272 e. The molecule has 2 N–H and O–H groups in total. The molecule has 4 nitrogen and oxygen atoms in total. The van der Waals surface area contributed by atoms with Crippen molar-refractivity contribution < 1.29 is 4.92 Å². The Hall–Kier alpha value is -1.13. The van der Waals surface area contributed by atoms with Gasteiger partial charge in [0.15, 0.2) is 0 Å². The number of nitro benzene ring substituents is 1. The summed E-state index contributed by atoms with van der Waals surface area (Å²) in [6.07, 6.45) is 0.539. The molecular weight excluding hydrogens is 204 g/mol. The van der Waals surface area contributed by atoms with Gasteiger partial charge in [0, 0.05) is 17.7 Å². The molecule has 5 heteroatoms. The van der Waals surface area contributed by atoms with Crippen LogP contribution in [0.25, 0.3) is 0 Å². The number of hydrogen-bond donors (Lipinski definition) is 1. The van der Waals surface area contributed by atoms with Gasteiger partial charge in [-0.1, -0.05) is 18.2 Å². The fraction of sp³-hybridized carbons (Fsp3) is 0.333. The minimum absolute atomic E-state index is 0. The molecule has 0 saturated heterocycles. The Labute approximate surface area is 88.7 Å². The van der Waals surface area contributed by atoms with Crippen LogP contribution in [-0.4, -0.2) is 11.0 Å². The summed E-state index contributed by atoms with van der Waals surface area (Å²) in [7, 11) is 0. The minimum Gasteiger partial charge on any atom is -0.328 e. The standard InChI is InChI=1S/C9H12N2O2.ClH/c1-7(10)6-8-4-2-3-5-9(8)11(12)13;/h2-5,7H,6,10H2,1H3;1H. The first-order valence-electron chi connectivity index (χ1n) is 4.09. The van der Waals surface area contributed by atoms with E-state index in [2.05, 4.69) is 0 Å². The molecule has 1 atom stereocenters. The maximum atomic E-state index is 10.6. The van der Waals surface area contributed by atoms with Gasteiger partial charge in [0.1, 0.15) is 0 Å². The van der Waals surface area contributed by atoms with Gasteiger partial charge in [-0.05, 0) is 13.3 Å². The Morgan fingerprint density at radius 3 is 2.57 bits per heavy atom. The zero-order chi connectivity index (χ0) is 9.84. The van der Waals surface area contributed by atoms with Crippen LogP contribution >= 0.6 is 12.4 Å². The largest absolute Gasteiger partial charge is 0.328 e. The highest BCUT2D eigenvalue weighted by atomic mass is 35.5. The lowest BCUT2D eigenvalue weighted by atomic mass is 10.1. The molecular formula is C9H13ClN2O2. The van der Waals surface area contributed by atoms with E-state index in [0.29, 0.717) is 12.0 Å². The quantitative estimate of drug-likeness (QED) is 0.620. The summed E-state index contributed by atoms with van der Waals surface area (Å²) in [5.41, 5.74) is 6.42. The minimum atomic E-state index is -0.377. The van der Waals surface area contributed by atoms with Gasteiger partial charge in [0.25, 0.3) is 5.69 Å². The summed E-state index contributed by atoms with van der Waals surface area (Å²) in [6, 6.07) is 6.62. The number of halogens is 1. The average molecular weight is 217 g/mol. The van der Waals surface area contributed by atoms with E-state index in [1.165, 1.54) is 6.07 Å². The van der Waals surface area contributed by atoms with Crippen LogP contribution in [0.4, 0.5) is 5.69 Å². The number of para-hydroxylation sites is 1. The van der Waals surface area contributed by atoms with Crippen molar-refractivity contribution in [2.24, 2.45) is 5.73 Å². The molecule has 0 radical (unpaired) electrons. The van der Waals surface area contributed by atoms with Crippen molar-refractivity contribution in [3.05, 3.63) is 39.9 Å². The molecule has 1 rings (SSSR count). The molecule has 1 aromatic rings. The summed E-state index contributed by atoms with van der Waals surface area (Å²) in [4.78, 5) is 10.2. The molecule has 1 aromatic carbocycles. The molecule has 0 amide bonds. The molecule has 0 aliphatic carbocycles. The molecule has 0 saturated carbocycles. The Kier molecular flexibility index (Phi) is 5.12. The number of nitro groups is 1. The van der Waals surface area contributed by atoms with Crippen LogP contribution in [0.15, 0.2) is 24.3 Å². The van der Waals surface area contributed by atoms with Gasteiger partial charge < -0.3 is 5.73 Å². The van der Waals surface area contributed by atoms with Crippen molar-refractivity contribution in [1.82, 2.24) is 0 Å². The molecule has 0 fully saturated rings. The zero-order valence-electron chi connectivity index (χ0n) is 7.84. The Balaban J connectivity index is 0.00000169. The van der Waals surface area contributed by atoms with Crippen LogP contribution in [0.1, 0.15) is 12.5 Å². The fourth-order valence-corrected chi connectivity index (χ4v) is 1.21. The van der Waals surface area contributed by atoms with Crippen LogP contribution in [-0.2, 0) is 6.42 Å². The smallest absolute Gasteiger partial charge is 0.272 e. The first-order valence-corrected chi connectivity index (χ1v) is 4.09. The molecule has 0 aliphatic rings. The fourth-order valence-electron chi connectivity index (χ4n) is 1.21. The van der Waals surface area contributed by atoms with Crippen molar-refractivity contribution in [2.45, 2.75) is 19.4 Å². The predicted octanol–water partition coefficient (Wildman–Crippen LogP) is 1.91. The predicted molar refractivity (Wildman–Crippen MR) is 57.7 cm³/mol. The molecule has 14 heavy (non-hydrogen) atoms. The van der Waals surface area contributed by atoms with E-state index in [1.807, 2.05) is 6.92 Å². The topological polar surface area (TPSA) is 69.2 Å². The third-order valence-electron chi connectivity index (χ3n) is 1.73. The van der Waals surface area contributed by atoms with Gasteiger partial charge in [-0.2, -0.15) is 0 Å². The highest BCUT2D eigenvalue weighted by molar-refractivity contribution is 5.85. The van der Waals surface area contributed by atoms with Gasteiger partial charge in [-0.3, -0.25) is 10.1 Å². The van der Waals surface area contributed by atoms with E-state index in [4.69, 9.17) is 5.73 Å². The second-order valence-electron chi connectivity index (χ2n) is 3.07. The SMILES string of the molecule is CC(N)Cc1ccccc1[N+](=O)[O-].Cl. The second-order valence-corrected chi connectivity index (χ2v) is 3.07. The van der Waals surface area contributed by atoms with Gasteiger partial charge in [-0.25, -0.2) is 0 Å². The number of hydrogen-bond acceptors (Lipinski definition) is 3. The summed E-state index contributed by atoms with van der Waals surface area (Å²) < 4.78 is 0. The van der Waals surface area contributed by atoms with Gasteiger partial charge >= 0.3 is 0 Å². The highest BCUT2D eigenvalue weighted by Crippen LogP contribution is 2.18. The monoisotopic (exact) mass is 216 g/mol. The Morgan fingerprint density at radius 1 is 1.50 bits per heavy atom. The Morgan fingerprint density at radius 2 is 2.07 bits per heavy atom. The molecule has 78 valence electrons. The number of nitrogens with zero attached hydrogens (tertiary/aromatic N) is 1. The third-order valence-corrected chi connectivity index (χ3v) is 1.73. The summed E-state index contributed by atoms with van der Waals surface area (Å²) in [5, 5.41) is 10.6. The summed E-state index contributed by atoms with van der Waals surface area (Å²) >= 11 is 0. The molecule has 0 bridgehead atoms. The molecule has 0 spiro atoms. The zero-order valence-corrected chi connectivity index (χ0v) is 8.66. The van der Waals surface area contributed by atoms with Crippen molar-refractivity contribution in [3.8, 4) is 0 Å². The number of nitrogens with two attached hydrogens (primary N) is 1. The van der Waals surface area contributed by atoms with Crippen molar-refractivity contribution in [2.75, 3.05) is 0 Å². The van der Waals surface area contributed by atoms with E-state index in [1.54, 1.807) is 18.2 Å². The lowest BCUT2D eigenvalue weighted by Crippen LogP contribution is -2.18. The first kappa shape index (κ1) is 12.9. The van der Waals surface area contributed by atoms with Crippen LogP contribution in [0.5, 0.6) is 0 Å². The first-order chi connectivity index (χ1) is 6.11.